The smallest absolute Gasteiger partial charge is 0.335 e. The molecule has 5 heteroatoms. The van der Waals surface area contributed by atoms with Crippen molar-refractivity contribution in [3.63, 3.8) is 0 Å². The molecule has 0 bridgehead atoms. The Balaban J connectivity index is 3.40. The van der Waals surface area contributed by atoms with E-state index in [1.807, 2.05) is 0 Å². The molecule has 0 aromatic heterocycles. The van der Waals surface area contributed by atoms with E-state index in [1.54, 1.807) is 6.92 Å². The highest BCUT2D eigenvalue weighted by molar-refractivity contribution is 8.14. The van der Waals surface area contributed by atoms with Crippen LogP contribution in [0.1, 0.15) is 6.92 Å². The SMILES string of the molecule is C=CC(=O)SCCNC(=O)N=CC. The number of nitrogens with one attached hydrogen (secondary N) is 1. The Kier molecular flexibility index (Phi) is 6.91. The molecular formula is C8H12N2O2S. The third-order valence-electron chi connectivity index (χ3n) is 1.04. The lowest BCUT2D eigenvalue weighted by Crippen LogP contribution is -2.22. The van der Waals surface area contributed by atoms with Gasteiger partial charge < -0.3 is 5.32 Å². The standard InChI is InChI=1S/C8H12N2O2S/c1-3-7(11)13-6-5-10-8(12)9-4-2/h3-4H,1,5-6H2,2H3,(H,10,12). The van der Waals surface area contributed by atoms with Gasteiger partial charge in [-0.1, -0.05) is 18.3 Å². The van der Waals surface area contributed by atoms with E-state index in [9.17, 15) is 9.59 Å². The van der Waals surface area contributed by atoms with Crippen LogP contribution < -0.4 is 5.32 Å². The van der Waals surface area contributed by atoms with Crippen molar-refractivity contribution in [1.82, 2.24) is 5.32 Å². The lowest BCUT2D eigenvalue weighted by atomic mass is 10.7. The molecule has 0 saturated carbocycles. The molecule has 0 heterocycles. The largest absolute Gasteiger partial charge is 0.340 e. The maximum absolute atomic E-state index is 10.7. The van der Waals surface area contributed by atoms with Crippen LogP contribution >= 0.6 is 11.8 Å². The van der Waals surface area contributed by atoms with Gasteiger partial charge in [-0.2, -0.15) is 0 Å². The van der Waals surface area contributed by atoms with Crippen LogP contribution in [0.25, 0.3) is 0 Å². The maximum atomic E-state index is 10.7. The van der Waals surface area contributed by atoms with Gasteiger partial charge in [-0.25, -0.2) is 9.79 Å². The summed E-state index contributed by atoms with van der Waals surface area (Å²) in [5.41, 5.74) is 0. The van der Waals surface area contributed by atoms with Crippen LogP contribution in [0.15, 0.2) is 17.6 Å². The molecule has 0 aliphatic carbocycles. The van der Waals surface area contributed by atoms with Crippen molar-refractivity contribution in [3.05, 3.63) is 12.7 Å². The fourth-order valence-electron chi connectivity index (χ4n) is 0.531. The van der Waals surface area contributed by atoms with Crippen molar-refractivity contribution in [3.8, 4) is 0 Å². The number of carbonyl (C=O) groups is 2. The zero-order valence-electron chi connectivity index (χ0n) is 7.45. The Bertz CT molecular complexity index is 226. The zero-order valence-corrected chi connectivity index (χ0v) is 8.26. The number of urea groups is 1. The molecule has 2 amide bonds. The normalized spacial score (nSPS) is 9.92. The van der Waals surface area contributed by atoms with E-state index in [1.165, 1.54) is 12.3 Å². The lowest BCUT2D eigenvalue weighted by molar-refractivity contribution is -0.107. The molecular weight excluding hydrogens is 188 g/mol. The highest BCUT2D eigenvalue weighted by Gasteiger charge is 1.97. The molecule has 0 radical (unpaired) electrons. The van der Waals surface area contributed by atoms with Crippen LogP contribution in [0, 0.1) is 0 Å². The van der Waals surface area contributed by atoms with E-state index >= 15 is 0 Å². The Labute approximate surface area is 81.5 Å². The van der Waals surface area contributed by atoms with Crippen LogP contribution in [-0.4, -0.2) is 29.7 Å². The van der Waals surface area contributed by atoms with Gasteiger partial charge >= 0.3 is 6.03 Å². The lowest BCUT2D eigenvalue weighted by Gasteiger charge is -1.98. The Morgan fingerprint density at radius 3 is 2.85 bits per heavy atom. The van der Waals surface area contributed by atoms with Gasteiger partial charge in [-0.05, 0) is 13.0 Å². The summed E-state index contributed by atoms with van der Waals surface area (Å²) in [6.45, 7) is 5.42. The second-order valence-corrected chi connectivity index (χ2v) is 3.09. The molecule has 0 aliphatic rings. The number of nitrogens with zero attached hydrogens (tertiary/aromatic N) is 1. The van der Waals surface area contributed by atoms with Gasteiger partial charge in [0.25, 0.3) is 0 Å². The third kappa shape index (κ3) is 7.27. The van der Waals surface area contributed by atoms with E-state index < -0.39 is 0 Å². The van der Waals surface area contributed by atoms with Gasteiger partial charge in [0, 0.05) is 18.5 Å². The van der Waals surface area contributed by atoms with E-state index in [0.717, 1.165) is 11.8 Å². The minimum Gasteiger partial charge on any atom is -0.335 e. The summed E-state index contributed by atoms with van der Waals surface area (Å²) in [6.07, 6.45) is 2.66. The quantitative estimate of drug-likeness (QED) is 0.422. The first-order chi connectivity index (χ1) is 6.20. The van der Waals surface area contributed by atoms with Crippen molar-refractivity contribution >= 4 is 29.1 Å². The average molecular weight is 200 g/mol. The van der Waals surface area contributed by atoms with Gasteiger partial charge in [0.15, 0.2) is 0 Å². The number of amides is 2. The highest BCUT2D eigenvalue weighted by Crippen LogP contribution is 2.00. The molecule has 0 fully saturated rings. The summed E-state index contributed by atoms with van der Waals surface area (Å²) in [6, 6.07) is -0.380. The second kappa shape index (κ2) is 7.54. The second-order valence-electron chi connectivity index (χ2n) is 1.99. The summed E-state index contributed by atoms with van der Waals surface area (Å²) in [4.78, 5) is 24.9. The van der Waals surface area contributed by atoms with Crippen LogP contribution in [0.3, 0.4) is 0 Å². The minimum absolute atomic E-state index is 0.0896. The number of thioether (sulfide) groups is 1. The fourth-order valence-corrected chi connectivity index (χ4v) is 1.05. The van der Waals surface area contributed by atoms with Gasteiger partial charge in [0.2, 0.25) is 5.12 Å². The van der Waals surface area contributed by atoms with Gasteiger partial charge in [0.1, 0.15) is 0 Å². The first-order valence-corrected chi connectivity index (χ1v) is 4.75. The Hall–Kier alpha value is -1.10. The fraction of sp³-hybridized carbons (Fsp3) is 0.375. The minimum atomic E-state index is -0.380. The van der Waals surface area contributed by atoms with Crippen molar-refractivity contribution < 1.29 is 9.59 Å². The molecule has 0 saturated heterocycles. The van der Waals surface area contributed by atoms with E-state index in [2.05, 4.69) is 16.9 Å². The Morgan fingerprint density at radius 2 is 2.31 bits per heavy atom. The molecule has 0 aromatic rings. The van der Waals surface area contributed by atoms with Crippen molar-refractivity contribution in [2.45, 2.75) is 6.92 Å². The number of rotatable bonds is 4. The van der Waals surface area contributed by atoms with Crippen molar-refractivity contribution in [2.75, 3.05) is 12.3 Å². The molecule has 0 aliphatic heterocycles. The summed E-state index contributed by atoms with van der Waals surface area (Å²) in [5.74, 6) is 0.538. The predicted octanol–water partition coefficient (Wildman–Crippen LogP) is 1.23. The number of hydrogen-bond acceptors (Lipinski definition) is 3. The molecule has 0 aromatic carbocycles. The topological polar surface area (TPSA) is 58.5 Å². The molecule has 0 unspecified atom stereocenters. The first-order valence-electron chi connectivity index (χ1n) is 3.76. The summed E-state index contributed by atoms with van der Waals surface area (Å²) >= 11 is 1.11. The molecule has 13 heavy (non-hydrogen) atoms. The summed E-state index contributed by atoms with van der Waals surface area (Å²) in [7, 11) is 0. The van der Waals surface area contributed by atoms with Crippen LogP contribution in [0.2, 0.25) is 0 Å². The molecule has 0 spiro atoms. The maximum Gasteiger partial charge on any atom is 0.340 e. The molecule has 0 atom stereocenters. The number of aliphatic imine (C=N–C) groups is 1. The van der Waals surface area contributed by atoms with Crippen LogP contribution in [0.4, 0.5) is 4.79 Å². The van der Waals surface area contributed by atoms with Gasteiger partial charge in [0.05, 0.1) is 0 Å². The van der Waals surface area contributed by atoms with Crippen molar-refractivity contribution in [2.24, 2.45) is 4.99 Å². The van der Waals surface area contributed by atoms with Crippen LogP contribution in [0.5, 0.6) is 0 Å². The van der Waals surface area contributed by atoms with Crippen LogP contribution in [-0.2, 0) is 4.79 Å². The van der Waals surface area contributed by atoms with E-state index in [-0.39, 0.29) is 11.1 Å². The molecule has 4 nitrogen and oxygen atoms in total. The summed E-state index contributed by atoms with van der Waals surface area (Å²) < 4.78 is 0. The molecule has 0 rings (SSSR count). The van der Waals surface area contributed by atoms with Gasteiger partial charge in [-0.15, -0.1) is 0 Å². The zero-order chi connectivity index (χ0) is 10.1. The first kappa shape index (κ1) is 11.9. The monoisotopic (exact) mass is 200 g/mol. The third-order valence-corrected chi connectivity index (χ3v) is 1.90. The number of carbonyl (C=O) groups excluding carboxylic acids is 2. The predicted molar refractivity (Wildman–Crippen MR) is 55.2 cm³/mol. The average Bonchev–Trinajstić information content (AvgIpc) is 2.12. The summed E-state index contributed by atoms with van der Waals surface area (Å²) in [5, 5.41) is 2.43. The Morgan fingerprint density at radius 1 is 1.62 bits per heavy atom. The van der Waals surface area contributed by atoms with E-state index in [4.69, 9.17) is 0 Å². The number of hydrogen-bond donors (Lipinski definition) is 1. The molecule has 72 valence electrons. The highest BCUT2D eigenvalue weighted by atomic mass is 32.2. The molecule has 1 N–H and O–H groups in total. The van der Waals surface area contributed by atoms with E-state index in [0.29, 0.717) is 12.3 Å². The van der Waals surface area contributed by atoms with Crippen molar-refractivity contribution in [1.29, 1.82) is 0 Å². The van der Waals surface area contributed by atoms with Gasteiger partial charge in [-0.3, -0.25) is 4.79 Å².